The monoisotopic (exact) mass is 238 g/mol. The standard InChI is InChI=1S/C14H26N2O/c1-3-16(12-7-4-5-8-12)14(17)13-9-6-10-15-11(13)2/h11-13,15H,3-10H2,1-2H3. The number of piperidine rings is 1. The average molecular weight is 238 g/mol. The van der Waals surface area contributed by atoms with E-state index in [0.29, 0.717) is 18.0 Å². The Morgan fingerprint density at radius 3 is 2.53 bits per heavy atom. The van der Waals surface area contributed by atoms with Gasteiger partial charge >= 0.3 is 0 Å². The van der Waals surface area contributed by atoms with Crippen LogP contribution >= 0.6 is 0 Å². The van der Waals surface area contributed by atoms with E-state index in [-0.39, 0.29) is 5.92 Å². The Morgan fingerprint density at radius 2 is 1.94 bits per heavy atom. The molecule has 2 unspecified atom stereocenters. The molecule has 0 radical (unpaired) electrons. The van der Waals surface area contributed by atoms with Crippen LogP contribution in [0.25, 0.3) is 0 Å². The molecule has 1 aliphatic carbocycles. The number of carbonyl (C=O) groups is 1. The smallest absolute Gasteiger partial charge is 0.227 e. The number of nitrogens with zero attached hydrogens (tertiary/aromatic N) is 1. The summed E-state index contributed by atoms with van der Waals surface area (Å²) in [4.78, 5) is 14.8. The van der Waals surface area contributed by atoms with Crippen molar-refractivity contribution in [3.8, 4) is 0 Å². The van der Waals surface area contributed by atoms with Crippen molar-refractivity contribution in [2.24, 2.45) is 5.92 Å². The second-order valence-electron chi connectivity index (χ2n) is 5.55. The van der Waals surface area contributed by atoms with Crippen LogP contribution in [-0.4, -0.2) is 36.0 Å². The maximum absolute atomic E-state index is 12.6. The number of rotatable bonds is 3. The predicted molar refractivity (Wildman–Crippen MR) is 69.8 cm³/mol. The Bertz CT molecular complexity index is 261. The van der Waals surface area contributed by atoms with Crippen molar-refractivity contribution < 1.29 is 4.79 Å². The predicted octanol–water partition coefficient (Wildman–Crippen LogP) is 2.17. The van der Waals surface area contributed by atoms with Crippen LogP contribution in [0, 0.1) is 5.92 Å². The molecular weight excluding hydrogens is 212 g/mol. The van der Waals surface area contributed by atoms with Gasteiger partial charge in [0.2, 0.25) is 5.91 Å². The first kappa shape index (κ1) is 12.9. The Hall–Kier alpha value is -0.570. The minimum absolute atomic E-state index is 0.212. The summed E-state index contributed by atoms with van der Waals surface area (Å²) in [5.74, 6) is 0.614. The van der Waals surface area contributed by atoms with E-state index < -0.39 is 0 Å². The van der Waals surface area contributed by atoms with Gasteiger partial charge in [-0.25, -0.2) is 0 Å². The summed E-state index contributed by atoms with van der Waals surface area (Å²) in [6, 6.07) is 0.883. The van der Waals surface area contributed by atoms with Crippen LogP contribution in [0.5, 0.6) is 0 Å². The molecular formula is C14H26N2O. The SMILES string of the molecule is CCN(C(=O)C1CCCNC1C)C1CCCC1. The van der Waals surface area contributed by atoms with E-state index in [2.05, 4.69) is 24.1 Å². The molecule has 0 aromatic carbocycles. The normalized spacial score (nSPS) is 30.5. The molecule has 1 N–H and O–H groups in total. The molecule has 0 aromatic heterocycles. The van der Waals surface area contributed by atoms with Gasteiger partial charge in [0, 0.05) is 18.6 Å². The minimum atomic E-state index is 0.212. The van der Waals surface area contributed by atoms with Crippen LogP contribution in [0.1, 0.15) is 52.4 Å². The lowest BCUT2D eigenvalue weighted by Crippen LogP contribution is -2.50. The van der Waals surface area contributed by atoms with Gasteiger partial charge in [0.15, 0.2) is 0 Å². The van der Waals surface area contributed by atoms with E-state index in [1.807, 2.05) is 0 Å². The maximum Gasteiger partial charge on any atom is 0.227 e. The summed E-state index contributed by atoms with van der Waals surface area (Å²) in [7, 11) is 0. The Morgan fingerprint density at radius 1 is 1.24 bits per heavy atom. The molecule has 17 heavy (non-hydrogen) atoms. The van der Waals surface area contributed by atoms with Crippen molar-refractivity contribution >= 4 is 5.91 Å². The first-order chi connectivity index (χ1) is 8.24. The fourth-order valence-corrected chi connectivity index (χ4v) is 3.40. The average Bonchev–Trinajstić information content (AvgIpc) is 2.84. The van der Waals surface area contributed by atoms with Crippen LogP contribution < -0.4 is 5.32 Å². The molecule has 3 nitrogen and oxygen atoms in total. The lowest BCUT2D eigenvalue weighted by atomic mass is 9.90. The number of hydrogen-bond acceptors (Lipinski definition) is 2. The zero-order valence-electron chi connectivity index (χ0n) is 11.2. The summed E-state index contributed by atoms with van der Waals surface area (Å²) in [6.45, 7) is 6.23. The van der Waals surface area contributed by atoms with Crippen molar-refractivity contribution in [2.75, 3.05) is 13.1 Å². The van der Waals surface area contributed by atoms with Crippen LogP contribution in [-0.2, 0) is 4.79 Å². The van der Waals surface area contributed by atoms with Crippen LogP contribution in [0.4, 0.5) is 0 Å². The van der Waals surface area contributed by atoms with Gasteiger partial charge in [-0.15, -0.1) is 0 Å². The van der Waals surface area contributed by atoms with Crippen LogP contribution in [0.2, 0.25) is 0 Å². The van der Waals surface area contributed by atoms with Gasteiger partial charge in [-0.05, 0) is 46.1 Å². The highest BCUT2D eigenvalue weighted by molar-refractivity contribution is 5.80. The first-order valence-corrected chi connectivity index (χ1v) is 7.28. The fourth-order valence-electron chi connectivity index (χ4n) is 3.40. The van der Waals surface area contributed by atoms with E-state index in [0.717, 1.165) is 25.9 Å². The van der Waals surface area contributed by atoms with Gasteiger partial charge in [-0.3, -0.25) is 4.79 Å². The van der Waals surface area contributed by atoms with Crippen molar-refractivity contribution in [3.63, 3.8) is 0 Å². The summed E-state index contributed by atoms with van der Waals surface area (Å²) < 4.78 is 0. The first-order valence-electron chi connectivity index (χ1n) is 7.28. The van der Waals surface area contributed by atoms with Crippen molar-refractivity contribution in [1.29, 1.82) is 0 Å². The second-order valence-corrected chi connectivity index (χ2v) is 5.55. The molecule has 1 saturated carbocycles. The Balaban J connectivity index is 2.00. The van der Waals surface area contributed by atoms with Gasteiger partial charge in [0.05, 0.1) is 5.92 Å². The topological polar surface area (TPSA) is 32.3 Å². The lowest BCUT2D eigenvalue weighted by Gasteiger charge is -2.36. The molecule has 2 fully saturated rings. The quantitative estimate of drug-likeness (QED) is 0.817. The van der Waals surface area contributed by atoms with Gasteiger partial charge in [-0.1, -0.05) is 12.8 Å². The van der Waals surface area contributed by atoms with E-state index in [4.69, 9.17) is 0 Å². The molecule has 2 aliphatic rings. The Kier molecular flexibility index (Phi) is 4.43. The van der Waals surface area contributed by atoms with E-state index in [1.54, 1.807) is 0 Å². The van der Waals surface area contributed by atoms with E-state index >= 15 is 0 Å². The molecule has 98 valence electrons. The minimum Gasteiger partial charge on any atom is -0.340 e. The van der Waals surface area contributed by atoms with E-state index in [1.165, 1.54) is 25.7 Å². The summed E-state index contributed by atoms with van der Waals surface area (Å²) in [6.07, 6.45) is 7.24. The molecule has 2 rings (SSSR count). The number of nitrogens with one attached hydrogen (secondary N) is 1. The molecule has 1 heterocycles. The van der Waals surface area contributed by atoms with Crippen molar-refractivity contribution in [2.45, 2.75) is 64.5 Å². The summed E-state index contributed by atoms with van der Waals surface area (Å²) >= 11 is 0. The van der Waals surface area contributed by atoms with Gasteiger partial charge < -0.3 is 10.2 Å². The Labute approximate surface area is 105 Å². The molecule has 0 spiro atoms. The van der Waals surface area contributed by atoms with Crippen molar-refractivity contribution in [1.82, 2.24) is 10.2 Å². The third-order valence-corrected chi connectivity index (χ3v) is 4.47. The summed E-state index contributed by atoms with van der Waals surface area (Å²) in [5.41, 5.74) is 0. The highest BCUT2D eigenvalue weighted by Gasteiger charge is 2.34. The third kappa shape index (κ3) is 2.82. The van der Waals surface area contributed by atoms with Gasteiger partial charge in [0.25, 0.3) is 0 Å². The van der Waals surface area contributed by atoms with Crippen molar-refractivity contribution in [3.05, 3.63) is 0 Å². The van der Waals surface area contributed by atoms with Gasteiger partial charge in [-0.2, -0.15) is 0 Å². The summed E-state index contributed by atoms with van der Waals surface area (Å²) in [5, 5.41) is 3.44. The third-order valence-electron chi connectivity index (χ3n) is 4.47. The molecule has 2 atom stereocenters. The molecule has 3 heteroatoms. The molecule has 0 aromatic rings. The fraction of sp³-hybridized carbons (Fsp3) is 0.929. The lowest BCUT2D eigenvalue weighted by molar-refractivity contribution is -0.139. The van der Waals surface area contributed by atoms with Crippen LogP contribution in [0.3, 0.4) is 0 Å². The second kappa shape index (κ2) is 5.85. The number of amides is 1. The highest BCUT2D eigenvalue weighted by Crippen LogP contribution is 2.27. The number of hydrogen-bond donors (Lipinski definition) is 1. The molecule has 0 bridgehead atoms. The molecule has 1 aliphatic heterocycles. The zero-order valence-corrected chi connectivity index (χ0v) is 11.2. The van der Waals surface area contributed by atoms with E-state index in [9.17, 15) is 4.79 Å². The van der Waals surface area contributed by atoms with Gasteiger partial charge in [0.1, 0.15) is 0 Å². The molecule has 1 amide bonds. The molecule has 1 saturated heterocycles. The highest BCUT2D eigenvalue weighted by atomic mass is 16.2. The maximum atomic E-state index is 12.6. The number of carbonyl (C=O) groups excluding carboxylic acids is 1. The van der Waals surface area contributed by atoms with Crippen LogP contribution in [0.15, 0.2) is 0 Å². The zero-order chi connectivity index (χ0) is 12.3. The largest absolute Gasteiger partial charge is 0.340 e.